The fourth-order valence-corrected chi connectivity index (χ4v) is 5.27. The largest absolute Gasteiger partial charge is 0.457 e. The summed E-state index contributed by atoms with van der Waals surface area (Å²) in [5.41, 5.74) is 6.79. The van der Waals surface area contributed by atoms with Crippen LogP contribution in [0.1, 0.15) is 26.7 Å². The Kier molecular flexibility index (Phi) is 8.08. The zero-order chi connectivity index (χ0) is 29.9. The van der Waals surface area contributed by atoms with E-state index in [0.717, 1.165) is 25.9 Å². The summed E-state index contributed by atoms with van der Waals surface area (Å²) < 4.78 is 8.81. The van der Waals surface area contributed by atoms with Gasteiger partial charge in [-0.3, -0.25) is 18.8 Å². The summed E-state index contributed by atoms with van der Waals surface area (Å²) >= 11 is 0. The van der Waals surface area contributed by atoms with Gasteiger partial charge in [0.05, 0.1) is 5.69 Å². The minimum Gasteiger partial charge on any atom is -0.457 e. The number of likely N-dealkylation sites (tertiary alicyclic amines) is 1. The zero-order valence-electron chi connectivity index (χ0n) is 24.0. The molecule has 0 spiro atoms. The lowest BCUT2D eigenvalue weighted by atomic mass is 9.99. The maximum Gasteiger partial charge on any atom is 0.335 e. The van der Waals surface area contributed by atoms with Crippen molar-refractivity contribution >= 4 is 22.9 Å². The Morgan fingerprint density at radius 3 is 2.43 bits per heavy atom. The van der Waals surface area contributed by atoms with Crippen molar-refractivity contribution in [2.24, 2.45) is 0 Å². The van der Waals surface area contributed by atoms with E-state index < -0.39 is 11.4 Å². The van der Waals surface area contributed by atoms with Crippen LogP contribution in [0, 0.1) is 11.3 Å². The highest BCUT2D eigenvalue weighted by atomic mass is 16.5. The van der Waals surface area contributed by atoms with E-state index >= 15 is 0 Å². The molecule has 1 fully saturated rings. The number of nitrogens with zero attached hydrogens (tertiary/aromatic N) is 7. The molecule has 0 bridgehead atoms. The molecule has 4 aromatic rings. The maximum absolute atomic E-state index is 13.7. The SMILES string of the molecule is CN(CCn1c(=O)n(-c2ccc(Oc3ccccc3)cc2)c2c(N)ncnc21)C(=O)C(C#N)=CC(C)(C)N1CCCC1. The standard InChI is InChI=1S/C31H34N8O3/c1-31(2,37-15-7-8-16-37)19-22(20-32)29(40)36(3)17-18-38-28-26(27(33)34-21-35-28)39(30(38)41)23-11-13-25(14-12-23)42-24-9-5-4-6-10-24/h4-6,9-14,19,21H,7-8,15-18H2,1-3H3,(H2,33,34,35). The van der Waals surface area contributed by atoms with Crippen molar-refractivity contribution in [2.45, 2.75) is 38.8 Å². The number of carbonyl (C=O) groups is 1. The van der Waals surface area contributed by atoms with E-state index in [1.54, 1.807) is 37.4 Å². The average molecular weight is 567 g/mol. The molecule has 0 aliphatic carbocycles. The molecule has 3 heterocycles. The third-order valence-corrected chi connectivity index (χ3v) is 7.58. The monoisotopic (exact) mass is 566 g/mol. The second-order valence-electron chi connectivity index (χ2n) is 10.9. The third kappa shape index (κ3) is 5.75. The van der Waals surface area contributed by atoms with Crippen LogP contribution in [0.3, 0.4) is 0 Å². The third-order valence-electron chi connectivity index (χ3n) is 7.58. The number of likely N-dealkylation sites (N-methyl/N-ethyl adjacent to an activating group) is 1. The number of benzene rings is 2. The Morgan fingerprint density at radius 2 is 1.76 bits per heavy atom. The number of nitriles is 1. The quantitative estimate of drug-likeness (QED) is 0.239. The van der Waals surface area contributed by atoms with E-state index in [-0.39, 0.29) is 30.2 Å². The Hall–Kier alpha value is -4.95. The number of anilines is 1. The number of amides is 1. The van der Waals surface area contributed by atoms with Gasteiger partial charge in [-0.25, -0.2) is 14.8 Å². The summed E-state index contributed by atoms with van der Waals surface area (Å²) in [5, 5.41) is 9.80. The van der Waals surface area contributed by atoms with Crippen molar-refractivity contribution in [3.63, 3.8) is 0 Å². The summed E-state index contributed by atoms with van der Waals surface area (Å²) in [6.07, 6.45) is 5.26. The van der Waals surface area contributed by atoms with Crippen LogP contribution in [0.4, 0.5) is 5.82 Å². The van der Waals surface area contributed by atoms with Crippen molar-refractivity contribution in [3.05, 3.63) is 83.1 Å². The number of imidazole rings is 1. The van der Waals surface area contributed by atoms with Gasteiger partial charge in [-0.2, -0.15) is 5.26 Å². The smallest absolute Gasteiger partial charge is 0.335 e. The van der Waals surface area contributed by atoms with Crippen LogP contribution in [0.25, 0.3) is 16.9 Å². The minimum atomic E-state index is -0.418. The van der Waals surface area contributed by atoms with E-state index in [9.17, 15) is 14.9 Å². The van der Waals surface area contributed by atoms with E-state index in [0.29, 0.717) is 28.4 Å². The first kappa shape index (κ1) is 28.6. The lowest BCUT2D eigenvalue weighted by Crippen LogP contribution is -2.41. The van der Waals surface area contributed by atoms with E-state index in [4.69, 9.17) is 10.5 Å². The van der Waals surface area contributed by atoms with Gasteiger partial charge in [0.25, 0.3) is 5.91 Å². The minimum absolute atomic E-state index is 0.0774. The highest BCUT2D eigenvalue weighted by Gasteiger charge is 2.29. The van der Waals surface area contributed by atoms with Crippen molar-refractivity contribution in [2.75, 3.05) is 32.4 Å². The molecule has 11 nitrogen and oxygen atoms in total. The molecule has 1 aliphatic heterocycles. The van der Waals surface area contributed by atoms with Crippen LogP contribution < -0.4 is 16.2 Å². The highest BCUT2D eigenvalue weighted by molar-refractivity contribution is 5.97. The van der Waals surface area contributed by atoms with Gasteiger partial charge in [0.2, 0.25) is 0 Å². The van der Waals surface area contributed by atoms with Crippen LogP contribution in [0.5, 0.6) is 11.5 Å². The Balaban J connectivity index is 1.39. The summed E-state index contributed by atoms with van der Waals surface area (Å²) in [4.78, 5) is 39.1. The molecule has 216 valence electrons. The molecule has 2 aromatic carbocycles. The topological polar surface area (TPSA) is 135 Å². The molecule has 0 radical (unpaired) electrons. The number of aromatic nitrogens is 4. The number of fused-ring (bicyclic) bond motifs is 1. The van der Waals surface area contributed by atoms with Crippen molar-refractivity contribution in [1.29, 1.82) is 5.26 Å². The molecule has 0 saturated carbocycles. The molecular formula is C31H34N8O3. The van der Waals surface area contributed by atoms with Gasteiger partial charge in [-0.15, -0.1) is 0 Å². The molecule has 42 heavy (non-hydrogen) atoms. The number of hydrogen-bond acceptors (Lipinski definition) is 8. The van der Waals surface area contributed by atoms with Crippen LogP contribution >= 0.6 is 0 Å². The second-order valence-corrected chi connectivity index (χ2v) is 10.9. The van der Waals surface area contributed by atoms with Gasteiger partial charge in [0.15, 0.2) is 11.5 Å². The first-order chi connectivity index (χ1) is 20.2. The predicted octanol–water partition coefficient (Wildman–Crippen LogP) is 3.74. The number of carbonyl (C=O) groups excluding carboxylic acids is 1. The van der Waals surface area contributed by atoms with Crippen LogP contribution in [-0.4, -0.2) is 67.0 Å². The molecule has 0 unspecified atom stereocenters. The summed E-state index contributed by atoms with van der Waals surface area (Å²) in [5.74, 6) is 1.07. The van der Waals surface area contributed by atoms with Gasteiger partial charge in [-0.1, -0.05) is 18.2 Å². The van der Waals surface area contributed by atoms with E-state index in [1.165, 1.54) is 20.4 Å². The summed E-state index contributed by atoms with van der Waals surface area (Å²) in [6, 6.07) is 18.5. The van der Waals surface area contributed by atoms with Crippen LogP contribution in [0.2, 0.25) is 0 Å². The number of nitrogen functional groups attached to an aromatic ring is 1. The fourth-order valence-electron chi connectivity index (χ4n) is 5.27. The number of ether oxygens (including phenoxy) is 1. The molecule has 1 amide bonds. The van der Waals surface area contributed by atoms with Gasteiger partial charge in [-0.05, 0) is 82.3 Å². The molecule has 11 heteroatoms. The first-order valence-corrected chi connectivity index (χ1v) is 13.9. The molecule has 1 saturated heterocycles. The Bertz CT molecular complexity index is 1710. The van der Waals surface area contributed by atoms with Crippen LogP contribution in [-0.2, 0) is 11.3 Å². The number of rotatable bonds is 9. The van der Waals surface area contributed by atoms with Crippen molar-refractivity contribution in [3.8, 4) is 23.3 Å². The Labute approximate surface area is 244 Å². The molecular weight excluding hydrogens is 532 g/mol. The number of nitrogens with two attached hydrogens (primary N) is 1. The van der Waals surface area contributed by atoms with Crippen LogP contribution in [0.15, 0.2) is 77.4 Å². The lowest BCUT2D eigenvalue weighted by Gasteiger charge is -2.33. The molecule has 2 N–H and O–H groups in total. The van der Waals surface area contributed by atoms with Gasteiger partial charge >= 0.3 is 5.69 Å². The zero-order valence-corrected chi connectivity index (χ0v) is 24.0. The molecule has 0 atom stereocenters. The lowest BCUT2D eigenvalue weighted by molar-refractivity contribution is -0.125. The van der Waals surface area contributed by atoms with Gasteiger partial charge in [0.1, 0.15) is 35.0 Å². The normalized spacial score (nSPS) is 14.2. The summed E-state index contributed by atoms with van der Waals surface area (Å²) in [6.45, 7) is 6.22. The average Bonchev–Trinajstić information content (AvgIpc) is 3.63. The number of hydrogen-bond donors (Lipinski definition) is 1. The first-order valence-electron chi connectivity index (χ1n) is 13.9. The molecule has 5 rings (SSSR count). The molecule has 1 aliphatic rings. The van der Waals surface area contributed by atoms with Crippen molar-refractivity contribution < 1.29 is 9.53 Å². The van der Waals surface area contributed by atoms with Gasteiger partial charge in [0, 0.05) is 25.7 Å². The molecule has 2 aromatic heterocycles. The summed E-state index contributed by atoms with van der Waals surface area (Å²) in [7, 11) is 1.62. The second kappa shape index (κ2) is 11.9. The van der Waals surface area contributed by atoms with E-state index in [2.05, 4.69) is 20.9 Å². The Morgan fingerprint density at radius 1 is 1.10 bits per heavy atom. The fraction of sp³-hybridized carbons (Fsp3) is 0.323. The predicted molar refractivity (Wildman–Crippen MR) is 160 cm³/mol. The van der Waals surface area contributed by atoms with Crippen molar-refractivity contribution in [1.82, 2.24) is 28.9 Å². The van der Waals surface area contributed by atoms with Gasteiger partial charge < -0.3 is 15.4 Å². The maximum atomic E-state index is 13.7. The number of para-hydroxylation sites is 1. The highest BCUT2D eigenvalue weighted by Crippen LogP contribution is 2.26. The van der Waals surface area contributed by atoms with E-state index in [1.807, 2.05) is 44.2 Å².